The molecular formula is C12H16O2S. The molecule has 3 heteroatoms. The normalized spacial score (nSPS) is 10.0. The maximum Gasteiger partial charge on any atom is 0.159 e. The van der Waals surface area contributed by atoms with E-state index in [9.17, 15) is 4.79 Å². The molecule has 0 aliphatic rings. The lowest BCUT2D eigenvalue weighted by Gasteiger charge is -2.05. The minimum Gasteiger partial charge on any atom is -0.493 e. The Morgan fingerprint density at radius 3 is 2.53 bits per heavy atom. The molecule has 0 saturated carbocycles. The van der Waals surface area contributed by atoms with Crippen molar-refractivity contribution < 1.29 is 9.53 Å². The number of ketones is 1. The lowest BCUT2D eigenvalue weighted by molar-refractivity contribution is 0.101. The summed E-state index contributed by atoms with van der Waals surface area (Å²) in [6, 6.07) is 7.27. The van der Waals surface area contributed by atoms with E-state index in [1.165, 1.54) is 0 Å². The van der Waals surface area contributed by atoms with Gasteiger partial charge in [-0.3, -0.25) is 4.79 Å². The molecule has 0 amide bonds. The molecule has 0 heterocycles. The standard InChI is InChI=1S/C12H16O2S/c1-3-15-9-8-14-12-6-4-11(5-7-12)10(2)13/h4-7H,3,8-9H2,1-2H3. The van der Waals surface area contributed by atoms with Crippen molar-refractivity contribution in [3.05, 3.63) is 29.8 Å². The highest BCUT2D eigenvalue weighted by molar-refractivity contribution is 7.99. The van der Waals surface area contributed by atoms with E-state index in [4.69, 9.17) is 4.74 Å². The quantitative estimate of drug-likeness (QED) is 0.549. The van der Waals surface area contributed by atoms with Crippen molar-refractivity contribution >= 4 is 17.5 Å². The molecule has 0 bridgehead atoms. The van der Waals surface area contributed by atoms with Crippen molar-refractivity contribution in [2.75, 3.05) is 18.1 Å². The zero-order valence-corrected chi connectivity index (χ0v) is 9.97. The van der Waals surface area contributed by atoms with Gasteiger partial charge in [-0.25, -0.2) is 0 Å². The molecule has 15 heavy (non-hydrogen) atoms. The SMILES string of the molecule is CCSCCOc1ccc(C(C)=O)cc1. The average molecular weight is 224 g/mol. The van der Waals surface area contributed by atoms with Gasteiger partial charge in [-0.15, -0.1) is 0 Å². The van der Waals surface area contributed by atoms with Crippen molar-refractivity contribution in [3.8, 4) is 5.75 Å². The number of Topliss-reactive ketones (excluding diaryl/α,β-unsaturated/α-hetero) is 1. The first-order valence-electron chi connectivity index (χ1n) is 5.05. The van der Waals surface area contributed by atoms with Gasteiger partial charge in [0.05, 0.1) is 6.61 Å². The smallest absolute Gasteiger partial charge is 0.159 e. The Morgan fingerprint density at radius 1 is 1.33 bits per heavy atom. The van der Waals surface area contributed by atoms with Gasteiger partial charge >= 0.3 is 0 Å². The van der Waals surface area contributed by atoms with Crippen LogP contribution in [0.25, 0.3) is 0 Å². The predicted molar refractivity (Wildman–Crippen MR) is 64.9 cm³/mol. The predicted octanol–water partition coefficient (Wildman–Crippen LogP) is 3.02. The lowest BCUT2D eigenvalue weighted by atomic mass is 10.1. The van der Waals surface area contributed by atoms with Gasteiger partial charge in [0.15, 0.2) is 5.78 Å². The van der Waals surface area contributed by atoms with E-state index in [0.29, 0.717) is 0 Å². The van der Waals surface area contributed by atoms with Crippen molar-refractivity contribution in [3.63, 3.8) is 0 Å². The Hall–Kier alpha value is -0.960. The number of carbonyl (C=O) groups excluding carboxylic acids is 1. The summed E-state index contributed by atoms with van der Waals surface area (Å²) in [7, 11) is 0. The number of rotatable bonds is 6. The molecule has 1 aromatic carbocycles. The molecule has 0 saturated heterocycles. The number of carbonyl (C=O) groups is 1. The topological polar surface area (TPSA) is 26.3 Å². The van der Waals surface area contributed by atoms with Crippen LogP contribution >= 0.6 is 11.8 Å². The van der Waals surface area contributed by atoms with Gasteiger partial charge < -0.3 is 4.74 Å². The average Bonchev–Trinajstić information content (AvgIpc) is 2.25. The van der Waals surface area contributed by atoms with Crippen molar-refractivity contribution in [2.24, 2.45) is 0 Å². The molecule has 1 aromatic rings. The minimum absolute atomic E-state index is 0.0862. The number of hydrogen-bond donors (Lipinski definition) is 0. The highest BCUT2D eigenvalue weighted by atomic mass is 32.2. The zero-order chi connectivity index (χ0) is 11.1. The van der Waals surface area contributed by atoms with Crippen molar-refractivity contribution in [2.45, 2.75) is 13.8 Å². The number of hydrogen-bond acceptors (Lipinski definition) is 3. The Bertz CT molecular complexity index is 306. The summed E-state index contributed by atoms with van der Waals surface area (Å²) >= 11 is 1.86. The summed E-state index contributed by atoms with van der Waals surface area (Å²) in [6.45, 7) is 4.41. The second-order valence-corrected chi connectivity index (χ2v) is 4.52. The van der Waals surface area contributed by atoms with E-state index in [2.05, 4.69) is 6.92 Å². The van der Waals surface area contributed by atoms with E-state index >= 15 is 0 Å². The maximum absolute atomic E-state index is 11.0. The Balaban J connectivity index is 2.39. The van der Waals surface area contributed by atoms with Crippen LogP contribution in [0.2, 0.25) is 0 Å². The van der Waals surface area contributed by atoms with Gasteiger partial charge in [0.1, 0.15) is 5.75 Å². The largest absolute Gasteiger partial charge is 0.493 e. The van der Waals surface area contributed by atoms with E-state index in [1.807, 2.05) is 23.9 Å². The second-order valence-electron chi connectivity index (χ2n) is 3.13. The van der Waals surface area contributed by atoms with Gasteiger partial charge in [-0.2, -0.15) is 11.8 Å². The first-order chi connectivity index (χ1) is 7.24. The van der Waals surface area contributed by atoms with Crippen LogP contribution in [0.15, 0.2) is 24.3 Å². The second kappa shape index (κ2) is 6.51. The van der Waals surface area contributed by atoms with Crippen LogP contribution in [0.4, 0.5) is 0 Å². The molecule has 82 valence electrons. The van der Waals surface area contributed by atoms with Crippen molar-refractivity contribution in [1.82, 2.24) is 0 Å². The number of benzene rings is 1. The fourth-order valence-corrected chi connectivity index (χ4v) is 1.64. The van der Waals surface area contributed by atoms with E-state index in [1.54, 1.807) is 19.1 Å². The molecule has 0 aliphatic heterocycles. The summed E-state index contributed by atoms with van der Waals surface area (Å²) in [4.78, 5) is 11.0. The van der Waals surface area contributed by atoms with E-state index in [0.717, 1.165) is 29.4 Å². The summed E-state index contributed by atoms with van der Waals surface area (Å²) in [5, 5.41) is 0. The van der Waals surface area contributed by atoms with E-state index < -0.39 is 0 Å². The molecule has 0 N–H and O–H groups in total. The van der Waals surface area contributed by atoms with Gasteiger partial charge in [0, 0.05) is 11.3 Å². The molecule has 0 aromatic heterocycles. The monoisotopic (exact) mass is 224 g/mol. The minimum atomic E-state index is 0.0862. The number of thioether (sulfide) groups is 1. The van der Waals surface area contributed by atoms with Gasteiger partial charge in [0.25, 0.3) is 0 Å². The third kappa shape index (κ3) is 4.38. The molecular weight excluding hydrogens is 208 g/mol. The maximum atomic E-state index is 11.0. The molecule has 0 fully saturated rings. The van der Waals surface area contributed by atoms with Gasteiger partial charge in [-0.1, -0.05) is 6.92 Å². The summed E-state index contributed by atoms with van der Waals surface area (Å²) in [5.74, 6) is 3.04. The van der Waals surface area contributed by atoms with Crippen LogP contribution in [-0.4, -0.2) is 23.9 Å². The molecule has 0 spiro atoms. The fourth-order valence-electron chi connectivity index (χ4n) is 1.15. The molecule has 0 radical (unpaired) electrons. The summed E-state index contributed by atoms with van der Waals surface area (Å²) in [5.41, 5.74) is 0.727. The van der Waals surface area contributed by atoms with Gasteiger partial charge in [-0.05, 0) is 36.9 Å². The van der Waals surface area contributed by atoms with Crippen LogP contribution in [0.3, 0.4) is 0 Å². The van der Waals surface area contributed by atoms with Crippen LogP contribution in [0.5, 0.6) is 5.75 Å². The molecule has 0 aliphatic carbocycles. The van der Waals surface area contributed by atoms with Crippen molar-refractivity contribution in [1.29, 1.82) is 0 Å². The van der Waals surface area contributed by atoms with Crippen LogP contribution in [-0.2, 0) is 0 Å². The highest BCUT2D eigenvalue weighted by Gasteiger charge is 1.99. The fraction of sp³-hybridized carbons (Fsp3) is 0.417. The third-order valence-corrected chi connectivity index (χ3v) is 2.82. The van der Waals surface area contributed by atoms with Crippen LogP contribution < -0.4 is 4.74 Å². The summed E-state index contributed by atoms with van der Waals surface area (Å²) in [6.07, 6.45) is 0. The first-order valence-corrected chi connectivity index (χ1v) is 6.21. The Morgan fingerprint density at radius 2 is 2.00 bits per heavy atom. The van der Waals surface area contributed by atoms with E-state index in [-0.39, 0.29) is 5.78 Å². The third-order valence-electron chi connectivity index (χ3n) is 1.96. The Kier molecular flexibility index (Phi) is 5.26. The summed E-state index contributed by atoms with van der Waals surface area (Å²) < 4.78 is 5.51. The first kappa shape index (κ1) is 12.1. The molecule has 0 atom stereocenters. The van der Waals surface area contributed by atoms with Crippen LogP contribution in [0.1, 0.15) is 24.2 Å². The molecule has 1 rings (SSSR count). The Labute approximate surface area is 95.0 Å². The highest BCUT2D eigenvalue weighted by Crippen LogP contribution is 2.13. The van der Waals surface area contributed by atoms with Gasteiger partial charge in [0.2, 0.25) is 0 Å². The zero-order valence-electron chi connectivity index (χ0n) is 9.16. The molecule has 2 nitrogen and oxygen atoms in total. The van der Waals surface area contributed by atoms with Crippen LogP contribution in [0, 0.1) is 0 Å². The molecule has 0 unspecified atom stereocenters. The lowest BCUT2D eigenvalue weighted by Crippen LogP contribution is -2.00. The number of ether oxygens (including phenoxy) is 1.